The molecule has 1 aliphatic heterocycles. The van der Waals surface area contributed by atoms with Crippen LogP contribution in [0.4, 0.5) is 14.5 Å². The van der Waals surface area contributed by atoms with Crippen molar-refractivity contribution in [2.45, 2.75) is 24.6 Å². The Bertz CT molecular complexity index is 673. The van der Waals surface area contributed by atoms with Gasteiger partial charge in [0.2, 0.25) is 0 Å². The number of hydrogen-bond acceptors (Lipinski definition) is 4. The van der Waals surface area contributed by atoms with Gasteiger partial charge in [0.1, 0.15) is 18.3 Å². The standard InChI is InChI=1S/C13H12ClF2N3O3/c14-11-7(5-17)3-10(22-11)12(20)18-8-4-9(16)13(21)19(6-8)2-1-15/h4,6-7,10-11H,1-3H2,(H,18,20). The summed E-state index contributed by atoms with van der Waals surface area (Å²) >= 11 is 5.76. The Kier molecular flexibility index (Phi) is 5.11. The number of hydrogen-bond donors (Lipinski definition) is 1. The molecule has 9 heteroatoms. The van der Waals surface area contributed by atoms with Gasteiger partial charge in [0.05, 0.1) is 24.2 Å². The highest BCUT2D eigenvalue weighted by molar-refractivity contribution is 6.20. The minimum absolute atomic E-state index is 0.00863. The van der Waals surface area contributed by atoms with Gasteiger partial charge in [-0.15, -0.1) is 0 Å². The van der Waals surface area contributed by atoms with E-state index in [1.165, 1.54) is 0 Å². The van der Waals surface area contributed by atoms with E-state index in [1.807, 2.05) is 6.07 Å². The van der Waals surface area contributed by atoms with Crippen LogP contribution in [-0.4, -0.2) is 28.8 Å². The Balaban J connectivity index is 2.13. The number of aryl methyl sites for hydroxylation is 1. The van der Waals surface area contributed by atoms with Crippen molar-refractivity contribution in [3.05, 3.63) is 28.4 Å². The van der Waals surface area contributed by atoms with Crippen LogP contribution in [0.15, 0.2) is 17.1 Å². The maximum Gasteiger partial charge on any atom is 0.286 e. The van der Waals surface area contributed by atoms with Gasteiger partial charge < -0.3 is 14.6 Å². The van der Waals surface area contributed by atoms with Crippen molar-refractivity contribution >= 4 is 23.2 Å². The van der Waals surface area contributed by atoms with Crippen LogP contribution in [0.2, 0.25) is 0 Å². The molecular weight excluding hydrogens is 320 g/mol. The molecule has 3 unspecified atom stereocenters. The third-order valence-corrected chi connectivity index (χ3v) is 3.58. The Morgan fingerprint density at radius 3 is 2.95 bits per heavy atom. The molecule has 1 amide bonds. The first-order valence-electron chi connectivity index (χ1n) is 6.42. The molecule has 0 radical (unpaired) electrons. The van der Waals surface area contributed by atoms with Crippen LogP contribution in [0.5, 0.6) is 0 Å². The average molecular weight is 332 g/mol. The van der Waals surface area contributed by atoms with Crippen LogP contribution in [0.25, 0.3) is 0 Å². The number of carbonyl (C=O) groups is 1. The molecule has 6 nitrogen and oxygen atoms in total. The van der Waals surface area contributed by atoms with Gasteiger partial charge in [-0.25, -0.2) is 8.78 Å². The highest BCUT2D eigenvalue weighted by Crippen LogP contribution is 2.29. The molecule has 1 aliphatic rings. The van der Waals surface area contributed by atoms with Crippen molar-refractivity contribution in [3.8, 4) is 6.07 Å². The summed E-state index contributed by atoms with van der Waals surface area (Å²) in [5, 5.41) is 11.2. The van der Waals surface area contributed by atoms with Gasteiger partial charge in [0.25, 0.3) is 11.5 Å². The normalized spacial score (nSPS) is 24.0. The van der Waals surface area contributed by atoms with E-state index >= 15 is 0 Å². The lowest BCUT2D eigenvalue weighted by Gasteiger charge is -2.12. The Labute approximate surface area is 129 Å². The summed E-state index contributed by atoms with van der Waals surface area (Å²) in [5.41, 5.74) is -1.87. The number of amides is 1. The first-order chi connectivity index (χ1) is 10.5. The molecule has 0 aromatic carbocycles. The smallest absolute Gasteiger partial charge is 0.286 e. The lowest BCUT2D eigenvalue weighted by atomic mass is 10.1. The fourth-order valence-corrected chi connectivity index (χ4v) is 2.36. The number of nitrogens with zero attached hydrogens (tertiary/aromatic N) is 2. The van der Waals surface area contributed by atoms with Gasteiger partial charge in [-0.2, -0.15) is 5.26 Å². The Morgan fingerprint density at radius 1 is 1.64 bits per heavy atom. The molecule has 1 fully saturated rings. The number of rotatable bonds is 4. The fraction of sp³-hybridized carbons (Fsp3) is 0.462. The Hall–Kier alpha value is -1.98. The first kappa shape index (κ1) is 16.4. The zero-order chi connectivity index (χ0) is 16.3. The lowest BCUT2D eigenvalue weighted by molar-refractivity contribution is -0.125. The molecule has 22 heavy (non-hydrogen) atoms. The fourth-order valence-electron chi connectivity index (χ4n) is 2.07. The van der Waals surface area contributed by atoms with Gasteiger partial charge in [-0.1, -0.05) is 11.6 Å². The van der Waals surface area contributed by atoms with Crippen molar-refractivity contribution in [1.29, 1.82) is 5.26 Å². The molecule has 0 bridgehead atoms. The highest BCUT2D eigenvalue weighted by Gasteiger charge is 2.38. The Morgan fingerprint density at radius 2 is 2.36 bits per heavy atom. The van der Waals surface area contributed by atoms with Crippen molar-refractivity contribution < 1.29 is 18.3 Å². The summed E-state index contributed by atoms with van der Waals surface area (Å²) in [6.07, 6.45) is 0.303. The van der Waals surface area contributed by atoms with Crippen LogP contribution in [0.3, 0.4) is 0 Å². The van der Waals surface area contributed by atoms with Crippen molar-refractivity contribution in [2.75, 3.05) is 12.0 Å². The molecule has 1 saturated heterocycles. The number of ether oxygens (including phenoxy) is 1. The quantitative estimate of drug-likeness (QED) is 0.845. The largest absolute Gasteiger partial charge is 0.348 e. The van der Waals surface area contributed by atoms with E-state index in [1.54, 1.807) is 0 Å². The van der Waals surface area contributed by atoms with E-state index in [9.17, 15) is 18.4 Å². The van der Waals surface area contributed by atoms with Gasteiger partial charge in [0, 0.05) is 18.7 Å². The highest BCUT2D eigenvalue weighted by atomic mass is 35.5. The van der Waals surface area contributed by atoms with E-state index in [2.05, 4.69) is 5.32 Å². The number of pyridine rings is 1. The number of nitrogens with one attached hydrogen (secondary N) is 1. The van der Waals surface area contributed by atoms with Gasteiger partial charge in [0.15, 0.2) is 5.82 Å². The summed E-state index contributed by atoms with van der Waals surface area (Å²) in [7, 11) is 0. The van der Waals surface area contributed by atoms with E-state index in [0.29, 0.717) is 0 Å². The topological polar surface area (TPSA) is 84.1 Å². The van der Waals surface area contributed by atoms with Crippen LogP contribution >= 0.6 is 11.6 Å². The SMILES string of the molecule is N#CC1CC(C(=O)Nc2cc(F)c(=O)n(CCF)c2)OC1Cl. The van der Waals surface area contributed by atoms with E-state index in [-0.39, 0.29) is 18.7 Å². The molecule has 0 spiro atoms. The number of alkyl halides is 2. The second-order valence-corrected chi connectivity index (χ2v) is 5.13. The number of nitriles is 1. The van der Waals surface area contributed by atoms with Gasteiger partial charge in [-0.05, 0) is 0 Å². The summed E-state index contributed by atoms with van der Waals surface area (Å²) in [6, 6.07) is 2.76. The maximum atomic E-state index is 13.5. The zero-order valence-electron chi connectivity index (χ0n) is 11.3. The van der Waals surface area contributed by atoms with E-state index < -0.39 is 41.5 Å². The summed E-state index contributed by atoms with van der Waals surface area (Å²) in [4.78, 5) is 23.4. The molecule has 2 rings (SSSR count). The zero-order valence-corrected chi connectivity index (χ0v) is 12.0. The minimum atomic E-state index is -1.11. The second-order valence-electron chi connectivity index (χ2n) is 4.70. The van der Waals surface area contributed by atoms with Crippen LogP contribution in [-0.2, 0) is 16.1 Å². The van der Waals surface area contributed by atoms with Crippen LogP contribution in [0.1, 0.15) is 6.42 Å². The van der Waals surface area contributed by atoms with Crippen LogP contribution < -0.4 is 10.9 Å². The lowest BCUT2D eigenvalue weighted by Crippen LogP contribution is -2.29. The van der Waals surface area contributed by atoms with Gasteiger partial charge in [-0.3, -0.25) is 9.59 Å². The maximum absolute atomic E-state index is 13.5. The molecule has 3 atom stereocenters. The average Bonchev–Trinajstić information content (AvgIpc) is 2.85. The first-order valence-corrected chi connectivity index (χ1v) is 6.86. The number of carbonyl (C=O) groups excluding carboxylic acids is 1. The van der Waals surface area contributed by atoms with Crippen molar-refractivity contribution in [3.63, 3.8) is 0 Å². The van der Waals surface area contributed by atoms with Crippen molar-refractivity contribution in [2.24, 2.45) is 5.92 Å². The predicted octanol–water partition coefficient (Wildman–Crippen LogP) is 1.39. The minimum Gasteiger partial charge on any atom is -0.348 e. The summed E-state index contributed by atoms with van der Waals surface area (Å²) in [5.74, 6) is -2.34. The van der Waals surface area contributed by atoms with E-state index in [4.69, 9.17) is 21.6 Å². The van der Waals surface area contributed by atoms with Crippen LogP contribution in [0, 0.1) is 23.1 Å². The number of aromatic nitrogens is 1. The summed E-state index contributed by atoms with van der Waals surface area (Å²) < 4.78 is 31.7. The molecule has 1 aromatic heterocycles. The molecule has 2 heterocycles. The van der Waals surface area contributed by atoms with Gasteiger partial charge >= 0.3 is 0 Å². The molecule has 0 saturated carbocycles. The monoisotopic (exact) mass is 331 g/mol. The molecular formula is C13H12ClF2N3O3. The van der Waals surface area contributed by atoms with Crippen molar-refractivity contribution in [1.82, 2.24) is 4.57 Å². The predicted molar refractivity (Wildman–Crippen MR) is 73.5 cm³/mol. The third-order valence-electron chi connectivity index (χ3n) is 3.17. The number of anilines is 1. The number of halogens is 3. The molecule has 1 aromatic rings. The molecule has 0 aliphatic carbocycles. The third kappa shape index (κ3) is 3.43. The summed E-state index contributed by atoms with van der Waals surface area (Å²) in [6.45, 7) is -1.17. The molecule has 1 N–H and O–H groups in total. The molecule has 118 valence electrons. The second kappa shape index (κ2) is 6.85. The van der Waals surface area contributed by atoms with E-state index in [0.717, 1.165) is 16.8 Å².